The normalized spacial score (nSPS) is 10.0. The summed E-state index contributed by atoms with van der Waals surface area (Å²) >= 11 is 0. The van der Waals surface area contributed by atoms with Gasteiger partial charge in [0.1, 0.15) is 5.75 Å². The molecule has 0 atom stereocenters. The van der Waals surface area contributed by atoms with Crippen LogP contribution >= 0.6 is 0 Å². The lowest BCUT2D eigenvalue weighted by Gasteiger charge is -2.21. The van der Waals surface area contributed by atoms with Crippen LogP contribution in [0.25, 0.3) is 0 Å². The predicted molar refractivity (Wildman–Crippen MR) is 90.2 cm³/mol. The average Bonchev–Trinajstić information content (AvgIpc) is 2.53. The molecule has 0 heterocycles. The van der Waals surface area contributed by atoms with E-state index in [0.29, 0.717) is 24.5 Å². The highest BCUT2D eigenvalue weighted by Gasteiger charge is 2.16. The van der Waals surface area contributed by atoms with E-state index in [0.717, 1.165) is 17.7 Å². The van der Waals surface area contributed by atoms with Crippen molar-refractivity contribution < 1.29 is 19.4 Å². The molecule has 6 nitrogen and oxygen atoms in total. The predicted octanol–water partition coefficient (Wildman–Crippen LogP) is 3.98. The number of carboxylic acid groups (broad SMARTS) is 1. The minimum atomic E-state index is -1.09. The zero-order chi connectivity index (χ0) is 17.2. The van der Waals surface area contributed by atoms with Gasteiger partial charge in [-0.3, -0.25) is 4.90 Å². The third-order valence-corrected chi connectivity index (χ3v) is 3.30. The molecular weight excluding hydrogens is 296 g/mol. The van der Waals surface area contributed by atoms with Crippen LogP contribution in [-0.4, -0.2) is 41.8 Å². The maximum Gasteiger partial charge on any atom is 0.415 e. The highest BCUT2D eigenvalue weighted by atomic mass is 16.6. The van der Waals surface area contributed by atoms with Gasteiger partial charge in [-0.25, -0.2) is 9.59 Å². The largest absolute Gasteiger partial charge is 0.465 e. The van der Waals surface area contributed by atoms with Gasteiger partial charge in [0, 0.05) is 25.7 Å². The lowest BCUT2D eigenvalue weighted by atomic mass is 10.2. The van der Waals surface area contributed by atoms with Gasteiger partial charge in [-0.15, -0.1) is 6.58 Å². The molecule has 0 aliphatic heterocycles. The number of amides is 2. The van der Waals surface area contributed by atoms with Crippen molar-refractivity contribution in [1.82, 2.24) is 4.90 Å². The lowest BCUT2D eigenvalue weighted by Crippen LogP contribution is -2.34. The van der Waals surface area contributed by atoms with Crippen LogP contribution in [0.4, 0.5) is 15.3 Å². The maximum absolute atomic E-state index is 12.1. The molecule has 1 rings (SSSR count). The van der Waals surface area contributed by atoms with Gasteiger partial charge in [0.2, 0.25) is 0 Å². The first-order valence-corrected chi connectivity index (χ1v) is 7.71. The Morgan fingerprint density at radius 2 is 2.09 bits per heavy atom. The molecule has 0 saturated carbocycles. The van der Waals surface area contributed by atoms with Gasteiger partial charge in [0.25, 0.3) is 0 Å². The van der Waals surface area contributed by atoms with Crippen molar-refractivity contribution in [3.63, 3.8) is 0 Å². The Morgan fingerprint density at radius 3 is 2.65 bits per heavy atom. The fourth-order valence-corrected chi connectivity index (χ4v) is 2.03. The van der Waals surface area contributed by atoms with E-state index in [4.69, 9.17) is 4.74 Å². The van der Waals surface area contributed by atoms with E-state index in [2.05, 4.69) is 13.5 Å². The summed E-state index contributed by atoms with van der Waals surface area (Å²) in [5.74, 6) is 0.317. The number of unbranched alkanes of at least 4 members (excludes halogenated alkanes) is 1. The quantitative estimate of drug-likeness (QED) is 0.736. The maximum atomic E-state index is 12.1. The summed E-state index contributed by atoms with van der Waals surface area (Å²) in [7, 11) is 0. The smallest absolute Gasteiger partial charge is 0.415 e. The van der Waals surface area contributed by atoms with E-state index >= 15 is 0 Å². The number of nitrogens with zero attached hydrogens (tertiary/aromatic N) is 2. The van der Waals surface area contributed by atoms with Crippen LogP contribution in [0, 0.1) is 0 Å². The summed E-state index contributed by atoms with van der Waals surface area (Å²) in [6, 6.07) is 6.45. The number of carbonyl (C=O) groups is 2. The minimum absolute atomic E-state index is 0.157. The molecule has 6 heteroatoms. The van der Waals surface area contributed by atoms with Crippen LogP contribution < -0.4 is 9.64 Å². The Hall–Kier alpha value is -2.50. The molecule has 0 fully saturated rings. The zero-order valence-corrected chi connectivity index (χ0v) is 13.7. The summed E-state index contributed by atoms with van der Waals surface area (Å²) in [5, 5.41) is 9.22. The number of carbonyl (C=O) groups excluding carboxylic acids is 1. The zero-order valence-electron chi connectivity index (χ0n) is 13.7. The van der Waals surface area contributed by atoms with Crippen molar-refractivity contribution in [2.75, 3.05) is 24.5 Å². The first-order chi connectivity index (χ1) is 11.0. The number of ether oxygens (including phenoxy) is 1. The number of hydrogen-bond donors (Lipinski definition) is 1. The number of hydrogen-bond acceptors (Lipinski definition) is 3. The van der Waals surface area contributed by atoms with Gasteiger partial charge in [0.15, 0.2) is 0 Å². The molecule has 1 aromatic rings. The molecule has 0 saturated heterocycles. The van der Waals surface area contributed by atoms with Gasteiger partial charge in [-0.1, -0.05) is 25.5 Å². The number of benzene rings is 1. The molecule has 0 unspecified atom stereocenters. The first-order valence-electron chi connectivity index (χ1n) is 7.71. The molecule has 2 amide bonds. The summed E-state index contributed by atoms with van der Waals surface area (Å²) in [6.07, 6.45) is 1.88. The Labute approximate surface area is 137 Å². The SMILES string of the molecule is C=CCN(C(=O)O)c1cccc(OC(=O)N(CC)CCCC)c1. The van der Waals surface area contributed by atoms with Gasteiger partial charge in [-0.2, -0.15) is 0 Å². The minimum Gasteiger partial charge on any atom is -0.465 e. The molecule has 1 N–H and O–H groups in total. The highest BCUT2D eigenvalue weighted by molar-refractivity contribution is 5.86. The molecule has 0 radical (unpaired) electrons. The first kappa shape index (κ1) is 18.5. The molecule has 126 valence electrons. The topological polar surface area (TPSA) is 70.1 Å². The highest BCUT2D eigenvalue weighted by Crippen LogP contribution is 2.22. The van der Waals surface area contributed by atoms with Gasteiger partial charge in [0.05, 0.1) is 5.69 Å². The van der Waals surface area contributed by atoms with Crippen molar-refractivity contribution in [3.05, 3.63) is 36.9 Å². The van der Waals surface area contributed by atoms with Gasteiger partial charge < -0.3 is 14.7 Å². The molecule has 0 aliphatic carbocycles. The summed E-state index contributed by atoms with van der Waals surface area (Å²) in [6.45, 7) is 8.86. The van der Waals surface area contributed by atoms with E-state index in [9.17, 15) is 14.7 Å². The molecular formula is C17H24N2O4. The molecule has 23 heavy (non-hydrogen) atoms. The Balaban J connectivity index is 2.85. The lowest BCUT2D eigenvalue weighted by molar-refractivity contribution is 0.154. The van der Waals surface area contributed by atoms with Crippen molar-refractivity contribution in [1.29, 1.82) is 0 Å². The second-order valence-corrected chi connectivity index (χ2v) is 4.98. The molecule has 0 aliphatic rings. The van der Waals surface area contributed by atoms with Crippen LogP contribution in [0.1, 0.15) is 26.7 Å². The van der Waals surface area contributed by atoms with Gasteiger partial charge in [-0.05, 0) is 25.5 Å². The Morgan fingerprint density at radius 1 is 1.35 bits per heavy atom. The second kappa shape index (κ2) is 9.50. The molecule has 0 spiro atoms. The van der Waals surface area contributed by atoms with E-state index < -0.39 is 12.2 Å². The summed E-state index contributed by atoms with van der Waals surface area (Å²) in [5.41, 5.74) is 0.430. The number of anilines is 1. The van der Waals surface area contributed by atoms with E-state index in [1.165, 1.54) is 12.1 Å². The van der Waals surface area contributed by atoms with E-state index in [1.807, 2.05) is 6.92 Å². The van der Waals surface area contributed by atoms with Crippen molar-refractivity contribution in [2.45, 2.75) is 26.7 Å². The second-order valence-electron chi connectivity index (χ2n) is 4.98. The van der Waals surface area contributed by atoms with Crippen LogP contribution in [0.3, 0.4) is 0 Å². The van der Waals surface area contributed by atoms with Crippen molar-refractivity contribution >= 4 is 17.9 Å². The summed E-state index contributed by atoms with van der Waals surface area (Å²) < 4.78 is 5.35. The Bertz CT molecular complexity index is 545. The third kappa shape index (κ3) is 5.65. The van der Waals surface area contributed by atoms with Crippen LogP contribution in [0.2, 0.25) is 0 Å². The third-order valence-electron chi connectivity index (χ3n) is 3.30. The fraction of sp³-hybridized carbons (Fsp3) is 0.412. The van der Waals surface area contributed by atoms with Crippen molar-refractivity contribution in [2.24, 2.45) is 0 Å². The Kier molecular flexibility index (Phi) is 7.66. The standard InChI is InChI=1S/C17H24N2O4/c1-4-7-12-18(6-3)17(22)23-15-10-8-9-14(13-15)19(11-5-2)16(20)21/h5,8-10,13H,2,4,6-7,11-12H2,1,3H3,(H,20,21). The number of rotatable bonds is 8. The van der Waals surface area contributed by atoms with Crippen LogP contribution in [-0.2, 0) is 0 Å². The van der Waals surface area contributed by atoms with Crippen LogP contribution in [0.15, 0.2) is 36.9 Å². The molecule has 0 aromatic heterocycles. The molecule has 0 bridgehead atoms. The fourth-order valence-electron chi connectivity index (χ4n) is 2.03. The van der Waals surface area contributed by atoms with E-state index in [-0.39, 0.29) is 6.54 Å². The average molecular weight is 320 g/mol. The monoisotopic (exact) mass is 320 g/mol. The van der Waals surface area contributed by atoms with Crippen LogP contribution in [0.5, 0.6) is 5.75 Å². The molecule has 1 aromatic carbocycles. The summed E-state index contributed by atoms with van der Waals surface area (Å²) in [4.78, 5) is 26.2. The van der Waals surface area contributed by atoms with E-state index in [1.54, 1.807) is 23.1 Å². The van der Waals surface area contributed by atoms with Crippen molar-refractivity contribution in [3.8, 4) is 5.75 Å². The van der Waals surface area contributed by atoms with Gasteiger partial charge >= 0.3 is 12.2 Å².